The smallest absolute Gasteiger partial charge is 0.161 e. The third-order valence-corrected chi connectivity index (χ3v) is 5.53. The van der Waals surface area contributed by atoms with Crippen LogP contribution in [0.4, 0.5) is 5.82 Å². The Morgan fingerprint density at radius 3 is 2.10 bits per heavy atom. The zero-order chi connectivity index (χ0) is 21.1. The van der Waals surface area contributed by atoms with Crippen LogP contribution in [0.3, 0.4) is 0 Å². The van der Waals surface area contributed by atoms with Crippen molar-refractivity contribution in [3.8, 4) is 45.7 Å². The minimum absolute atomic E-state index is 0.151. The first-order valence-corrected chi connectivity index (χ1v) is 9.98. The maximum absolute atomic E-state index is 9.65. The number of aromatic nitrogens is 1. The molecule has 3 aromatic rings. The van der Waals surface area contributed by atoms with Crippen molar-refractivity contribution in [2.75, 3.05) is 27.1 Å². The van der Waals surface area contributed by atoms with Gasteiger partial charge in [0.25, 0.3) is 0 Å². The highest BCUT2D eigenvalue weighted by molar-refractivity contribution is 9.11. The van der Waals surface area contributed by atoms with E-state index in [1.807, 2.05) is 24.3 Å². The van der Waals surface area contributed by atoms with Gasteiger partial charge < -0.3 is 19.9 Å². The number of hydrogen-bond acceptors (Lipinski definition) is 6. The summed E-state index contributed by atoms with van der Waals surface area (Å²) in [5.41, 5.74) is 9.27. The van der Waals surface area contributed by atoms with E-state index in [0.29, 0.717) is 34.1 Å². The van der Waals surface area contributed by atoms with Crippen LogP contribution in [0.1, 0.15) is 5.56 Å². The molecule has 148 valence electrons. The fourth-order valence-corrected chi connectivity index (χ4v) is 4.47. The highest BCUT2D eigenvalue weighted by Crippen LogP contribution is 2.40. The number of anilines is 1. The molecule has 2 aromatic carbocycles. The van der Waals surface area contributed by atoms with Crippen molar-refractivity contribution in [2.24, 2.45) is 0 Å². The minimum atomic E-state index is 0.151. The van der Waals surface area contributed by atoms with Crippen LogP contribution in [0.2, 0.25) is 0 Å². The normalized spacial score (nSPS) is 10.3. The number of hydrogen-bond donors (Lipinski definition) is 1. The fourth-order valence-electron chi connectivity index (χ4n) is 2.96. The van der Waals surface area contributed by atoms with Crippen molar-refractivity contribution >= 4 is 37.7 Å². The van der Waals surface area contributed by atoms with E-state index in [0.717, 1.165) is 20.1 Å². The van der Waals surface area contributed by atoms with Crippen LogP contribution >= 0.6 is 31.9 Å². The number of nitrogens with zero attached hydrogens (tertiary/aromatic N) is 2. The summed E-state index contributed by atoms with van der Waals surface area (Å²) in [6, 6.07) is 13.2. The Kier molecular flexibility index (Phi) is 6.30. The number of halogens is 2. The van der Waals surface area contributed by atoms with Gasteiger partial charge in [0.1, 0.15) is 23.2 Å². The fraction of sp³-hybridized carbons (Fsp3) is 0.143. The van der Waals surface area contributed by atoms with E-state index in [9.17, 15) is 5.26 Å². The van der Waals surface area contributed by atoms with E-state index in [1.165, 1.54) is 0 Å². The minimum Gasteiger partial charge on any atom is -0.494 e. The lowest BCUT2D eigenvalue weighted by Crippen LogP contribution is -2.00. The monoisotopic (exact) mass is 517 g/mol. The van der Waals surface area contributed by atoms with Gasteiger partial charge in [0.2, 0.25) is 0 Å². The van der Waals surface area contributed by atoms with Crippen LogP contribution in [0, 0.1) is 11.3 Å². The molecular weight excluding hydrogens is 502 g/mol. The summed E-state index contributed by atoms with van der Waals surface area (Å²) >= 11 is 7.01. The van der Waals surface area contributed by atoms with Crippen molar-refractivity contribution in [3.63, 3.8) is 0 Å². The van der Waals surface area contributed by atoms with Crippen LogP contribution in [0.5, 0.6) is 17.2 Å². The molecule has 0 aliphatic carbocycles. The van der Waals surface area contributed by atoms with E-state index in [1.54, 1.807) is 33.5 Å². The Morgan fingerprint density at radius 1 is 0.897 bits per heavy atom. The quantitative estimate of drug-likeness (QED) is 0.485. The first-order chi connectivity index (χ1) is 13.9. The van der Waals surface area contributed by atoms with Gasteiger partial charge in [-0.3, -0.25) is 0 Å². The van der Waals surface area contributed by atoms with Crippen molar-refractivity contribution in [2.45, 2.75) is 0 Å². The molecular formula is C21H17Br2N3O3. The summed E-state index contributed by atoms with van der Waals surface area (Å²) in [6.45, 7) is 0. The molecule has 0 spiro atoms. The summed E-state index contributed by atoms with van der Waals surface area (Å²) in [7, 11) is 4.73. The molecule has 0 aliphatic heterocycles. The van der Waals surface area contributed by atoms with Gasteiger partial charge in [-0.1, -0.05) is 6.07 Å². The van der Waals surface area contributed by atoms with Gasteiger partial charge in [-0.2, -0.15) is 5.26 Å². The molecule has 0 unspecified atom stereocenters. The predicted octanol–water partition coefficient (Wildman–Crippen LogP) is 5.42. The maximum atomic E-state index is 9.65. The van der Waals surface area contributed by atoms with E-state index in [2.05, 4.69) is 42.9 Å². The molecule has 0 amide bonds. The number of rotatable bonds is 5. The topological polar surface area (TPSA) is 90.4 Å². The molecule has 29 heavy (non-hydrogen) atoms. The summed E-state index contributed by atoms with van der Waals surface area (Å²) in [4.78, 5) is 4.43. The molecule has 1 aromatic heterocycles. The molecule has 0 saturated carbocycles. The zero-order valence-corrected chi connectivity index (χ0v) is 19.1. The van der Waals surface area contributed by atoms with Crippen molar-refractivity contribution in [3.05, 3.63) is 50.9 Å². The van der Waals surface area contributed by atoms with Gasteiger partial charge in [0.15, 0.2) is 11.5 Å². The average molecular weight is 519 g/mol. The highest BCUT2D eigenvalue weighted by Gasteiger charge is 2.17. The Labute approximate surface area is 185 Å². The zero-order valence-electron chi connectivity index (χ0n) is 15.9. The second-order valence-corrected chi connectivity index (χ2v) is 7.68. The lowest BCUT2D eigenvalue weighted by atomic mass is 9.98. The molecule has 0 radical (unpaired) electrons. The van der Waals surface area contributed by atoms with Crippen LogP contribution in [-0.2, 0) is 0 Å². The summed E-state index contributed by atoms with van der Waals surface area (Å²) in [6.07, 6.45) is 0. The van der Waals surface area contributed by atoms with Crippen LogP contribution in [0.25, 0.3) is 22.4 Å². The average Bonchev–Trinajstić information content (AvgIpc) is 2.72. The molecule has 2 N–H and O–H groups in total. The summed E-state index contributed by atoms with van der Waals surface area (Å²) in [5, 5.41) is 9.65. The van der Waals surface area contributed by atoms with Gasteiger partial charge in [-0.25, -0.2) is 4.98 Å². The molecule has 3 rings (SSSR count). The second kappa shape index (κ2) is 8.72. The molecule has 0 saturated heterocycles. The first kappa shape index (κ1) is 21.0. The Bertz CT molecular complexity index is 1100. The van der Waals surface area contributed by atoms with E-state index in [4.69, 9.17) is 19.9 Å². The van der Waals surface area contributed by atoms with Crippen LogP contribution < -0.4 is 19.9 Å². The van der Waals surface area contributed by atoms with Crippen LogP contribution in [-0.4, -0.2) is 26.3 Å². The number of nitriles is 1. The highest BCUT2D eigenvalue weighted by atomic mass is 79.9. The van der Waals surface area contributed by atoms with Crippen LogP contribution in [0.15, 0.2) is 45.3 Å². The van der Waals surface area contributed by atoms with E-state index >= 15 is 0 Å². The van der Waals surface area contributed by atoms with Crippen molar-refractivity contribution in [1.82, 2.24) is 4.98 Å². The molecule has 1 heterocycles. The molecule has 6 nitrogen and oxygen atoms in total. The van der Waals surface area contributed by atoms with Gasteiger partial charge in [-0.05, 0) is 67.8 Å². The first-order valence-electron chi connectivity index (χ1n) is 8.39. The van der Waals surface area contributed by atoms with Gasteiger partial charge >= 0.3 is 0 Å². The Morgan fingerprint density at radius 2 is 1.55 bits per heavy atom. The summed E-state index contributed by atoms with van der Waals surface area (Å²) in [5.74, 6) is 1.98. The largest absolute Gasteiger partial charge is 0.494 e. The molecule has 0 bridgehead atoms. The molecule has 8 heteroatoms. The van der Waals surface area contributed by atoms with Crippen molar-refractivity contribution < 1.29 is 14.2 Å². The van der Waals surface area contributed by atoms with Gasteiger partial charge in [0.05, 0.1) is 36.0 Å². The third-order valence-electron chi connectivity index (χ3n) is 4.35. The van der Waals surface area contributed by atoms with Gasteiger partial charge in [0, 0.05) is 11.1 Å². The van der Waals surface area contributed by atoms with Gasteiger partial charge in [-0.15, -0.1) is 0 Å². The predicted molar refractivity (Wildman–Crippen MR) is 119 cm³/mol. The number of methoxy groups -OCH3 is 3. The number of nitrogens with two attached hydrogens (primary N) is 1. The lowest BCUT2D eigenvalue weighted by Gasteiger charge is -2.14. The number of pyridine rings is 1. The van der Waals surface area contributed by atoms with Crippen molar-refractivity contribution in [1.29, 1.82) is 5.26 Å². The summed E-state index contributed by atoms with van der Waals surface area (Å²) < 4.78 is 17.6. The Hall–Kier alpha value is -2.76. The second-order valence-electron chi connectivity index (χ2n) is 5.97. The Balaban J connectivity index is 2.22. The van der Waals surface area contributed by atoms with E-state index < -0.39 is 0 Å². The standard InChI is InChI=1S/C21H17Br2N3O3/c1-27-18-5-4-11(8-19(18)28-2)13-9-17(26-21(25)14(13)10-24)12-6-15(22)20(29-3)16(23)7-12/h4-9H,1-3H3,(H2,25,26). The van der Waals surface area contributed by atoms with E-state index in [-0.39, 0.29) is 5.82 Å². The molecule has 0 atom stereocenters. The number of ether oxygens (including phenoxy) is 3. The molecule has 0 fully saturated rings. The lowest BCUT2D eigenvalue weighted by molar-refractivity contribution is 0.355. The number of nitrogen functional groups attached to an aromatic ring is 1. The third kappa shape index (κ3) is 4.02. The number of benzene rings is 2. The molecule has 0 aliphatic rings. The SMILES string of the molecule is COc1ccc(-c2cc(-c3cc(Br)c(OC)c(Br)c3)nc(N)c2C#N)cc1OC. The maximum Gasteiger partial charge on any atom is 0.161 e.